The lowest BCUT2D eigenvalue weighted by atomic mass is 10.1. The molecule has 1 heterocycles. The molecule has 1 aliphatic heterocycles. The van der Waals surface area contributed by atoms with Crippen LogP contribution < -0.4 is 0 Å². The van der Waals surface area contributed by atoms with Gasteiger partial charge in [-0.05, 0) is 24.6 Å². The van der Waals surface area contributed by atoms with E-state index in [9.17, 15) is 0 Å². The van der Waals surface area contributed by atoms with Gasteiger partial charge in [0.2, 0.25) is 0 Å². The highest BCUT2D eigenvalue weighted by atomic mass is 15.1. The highest BCUT2D eigenvalue weighted by molar-refractivity contribution is 5.41. The Kier molecular flexibility index (Phi) is 1.66. The summed E-state index contributed by atoms with van der Waals surface area (Å²) in [5, 5.41) is 0. The summed E-state index contributed by atoms with van der Waals surface area (Å²) in [4.78, 5) is 2.34. The lowest BCUT2D eigenvalue weighted by Gasteiger charge is -2.01. The van der Waals surface area contributed by atoms with Gasteiger partial charge in [-0.15, -0.1) is 0 Å². The van der Waals surface area contributed by atoms with E-state index in [0.29, 0.717) is 0 Å². The van der Waals surface area contributed by atoms with Crippen molar-refractivity contribution in [3.05, 3.63) is 35.5 Å². The quantitative estimate of drug-likeness (QED) is 0.504. The number of fused-ring (bicyclic) bond motifs is 1. The number of nitrogens with zero attached hydrogens (tertiary/aromatic N) is 1. The van der Waals surface area contributed by atoms with Gasteiger partial charge in [-0.3, -0.25) is 4.90 Å². The first-order valence-electron chi connectivity index (χ1n) is 4.10. The lowest BCUT2D eigenvalue weighted by Crippen LogP contribution is -2.11. The third-order valence-electron chi connectivity index (χ3n) is 2.23. The monoisotopic (exact) mass is 147 g/mol. The SMILES string of the molecule is CN1CC2=CC=CCC=C2C1. The topological polar surface area (TPSA) is 3.24 Å². The van der Waals surface area contributed by atoms with Gasteiger partial charge in [0.1, 0.15) is 0 Å². The fourth-order valence-electron chi connectivity index (χ4n) is 1.67. The zero-order chi connectivity index (χ0) is 7.68. The summed E-state index contributed by atoms with van der Waals surface area (Å²) in [6, 6.07) is 0. The molecule has 0 saturated carbocycles. The molecule has 0 spiro atoms. The van der Waals surface area contributed by atoms with Crippen molar-refractivity contribution in [1.82, 2.24) is 4.90 Å². The minimum atomic E-state index is 1.10. The summed E-state index contributed by atoms with van der Waals surface area (Å²) < 4.78 is 0. The van der Waals surface area contributed by atoms with E-state index in [2.05, 4.69) is 36.3 Å². The second kappa shape index (κ2) is 2.67. The summed E-state index contributed by atoms with van der Waals surface area (Å²) in [5.41, 5.74) is 3.03. The van der Waals surface area contributed by atoms with Crippen LogP contribution in [0.3, 0.4) is 0 Å². The van der Waals surface area contributed by atoms with Gasteiger partial charge >= 0.3 is 0 Å². The molecule has 0 aromatic rings. The third-order valence-corrected chi connectivity index (χ3v) is 2.23. The highest BCUT2D eigenvalue weighted by Gasteiger charge is 2.17. The predicted octanol–water partition coefficient (Wildman–Crippen LogP) is 1.74. The van der Waals surface area contributed by atoms with Crippen LogP contribution in [-0.2, 0) is 0 Å². The second-order valence-electron chi connectivity index (χ2n) is 3.26. The standard InChI is InChI=1S/C10H13N/c1-11-7-9-5-3-2-4-6-10(9)8-11/h2-3,5-6H,4,7-8H2,1H3. The number of hydrogen-bond donors (Lipinski definition) is 0. The summed E-state index contributed by atoms with van der Waals surface area (Å²) in [6.45, 7) is 2.25. The van der Waals surface area contributed by atoms with E-state index in [1.165, 1.54) is 11.1 Å². The summed E-state index contributed by atoms with van der Waals surface area (Å²) >= 11 is 0. The fraction of sp³-hybridized carbons (Fsp3) is 0.400. The molecule has 1 saturated heterocycles. The molecule has 2 rings (SSSR count). The van der Waals surface area contributed by atoms with Crippen LogP contribution in [0.1, 0.15) is 6.42 Å². The van der Waals surface area contributed by atoms with Gasteiger partial charge < -0.3 is 0 Å². The number of allylic oxidation sites excluding steroid dienone is 4. The molecule has 58 valence electrons. The van der Waals surface area contributed by atoms with Gasteiger partial charge in [0.05, 0.1) is 0 Å². The third kappa shape index (κ3) is 1.29. The van der Waals surface area contributed by atoms with Crippen molar-refractivity contribution in [2.45, 2.75) is 6.42 Å². The summed E-state index contributed by atoms with van der Waals surface area (Å²) in [7, 11) is 2.17. The Labute approximate surface area is 67.7 Å². The summed E-state index contributed by atoms with van der Waals surface area (Å²) in [5.74, 6) is 0. The molecule has 11 heavy (non-hydrogen) atoms. The fourth-order valence-corrected chi connectivity index (χ4v) is 1.67. The maximum Gasteiger partial charge on any atom is 0.0237 e. The van der Waals surface area contributed by atoms with Crippen molar-refractivity contribution < 1.29 is 0 Å². The number of hydrogen-bond acceptors (Lipinski definition) is 1. The van der Waals surface area contributed by atoms with Crippen LogP contribution in [0.25, 0.3) is 0 Å². The molecule has 1 fully saturated rings. The Morgan fingerprint density at radius 2 is 2.09 bits per heavy atom. The smallest absolute Gasteiger partial charge is 0.0237 e. The highest BCUT2D eigenvalue weighted by Crippen LogP contribution is 2.22. The van der Waals surface area contributed by atoms with E-state index in [1.54, 1.807) is 0 Å². The molecule has 1 heteroatoms. The van der Waals surface area contributed by atoms with Crippen molar-refractivity contribution in [2.75, 3.05) is 20.1 Å². The molecule has 1 aliphatic carbocycles. The van der Waals surface area contributed by atoms with Gasteiger partial charge in [0, 0.05) is 13.1 Å². The Bertz CT molecular complexity index is 246. The molecule has 0 radical (unpaired) electrons. The van der Waals surface area contributed by atoms with Gasteiger partial charge in [0.25, 0.3) is 0 Å². The molecule has 0 N–H and O–H groups in total. The molecular formula is C10H13N. The van der Waals surface area contributed by atoms with Gasteiger partial charge in [-0.2, -0.15) is 0 Å². The van der Waals surface area contributed by atoms with Crippen LogP contribution >= 0.6 is 0 Å². The van der Waals surface area contributed by atoms with E-state index in [4.69, 9.17) is 0 Å². The Hall–Kier alpha value is -0.820. The average Bonchev–Trinajstić information content (AvgIpc) is 2.17. The van der Waals surface area contributed by atoms with Gasteiger partial charge in [0.15, 0.2) is 0 Å². The first kappa shape index (κ1) is 6.86. The molecule has 2 aliphatic rings. The minimum Gasteiger partial charge on any atom is -0.298 e. The molecule has 1 nitrogen and oxygen atoms in total. The zero-order valence-corrected chi connectivity index (χ0v) is 6.88. The van der Waals surface area contributed by atoms with Crippen LogP contribution in [-0.4, -0.2) is 25.0 Å². The van der Waals surface area contributed by atoms with Gasteiger partial charge in [-0.25, -0.2) is 0 Å². The van der Waals surface area contributed by atoms with Gasteiger partial charge in [-0.1, -0.05) is 24.3 Å². The van der Waals surface area contributed by atoms with Crippen molar-refractivity contribution in [3.63, 3.8) is 0 Å². The van der Waals surface area contributed by atoms with Crippen LogP contribution in [0.15, 0.2) is 35.5 Å². The van der Waals surface area contributed by atoms with Crippen LogP contribution in [0.5, 0.6) is 0 Å². The van der Waals surface area contributed by atoms with E-state index >= 15 is 0 Å². The largest absolute Gasteiger partial charge is 0.298 e. The molecule has 0 aromatic carbocycles. The predicted molar refractivity (Wildman–Crippen MR) is 47.4 cm³/mol. The maximum atomic E-state index is 2.34. The Morgan fingerprint density at radius 1 is 1.27 bits per heavy atom. The second-order valence-corrected chi connectivity index (χ2v) is 3.26. The molecule has 0 bridgehead atoms. The number of rotatable bonds is 0. The average molecular weight is 147 g/mol. The van der Waals surface area contributed by atoms with Crippen molar-refractivity contribution in [2.24, 2.45) is 0 Å². The van der Waals surface area contributed by atoms with E-state index < -0.39 is 0 Å². The molecule has 0 aromatic heterocycles. The van der Waals surface area contributed by atoms with E-state index in [0.717, 1.165) is 19.5 Å². The maximum absolute atomic E-state index is 2.34. The first-order valence-corrected chi connectivity index (χ1v) is 4.10. The molecular weight excluding hydrogens is 134 g/mol. The Balaban J connectivity index is 2.30. The van der Waals surface area contributed by atoms with E-state index in [1.807, 2.05) is 0 Å². The molecule has 0 atom stereocenters. The minimum absolute atomic E-state index is 1.10. The van der Waals surface area contributed by atoms with Crippen LogP contribution in [0.2, 0.25) is 0 Å². The lowest BCUT2D eigenvalue weighted by molar-refractivity contribution is 0.437. The van der Waals surface area contributed by atoms with E-state index in [-0.39, 0.29) is 0 Å². The molecule has 0 amide bonds. The number of likely N-dealkylation sites (N-methyl/N-ethyl adjacent to an activating group) is 1. The molecule has 0 unspecified atom stereocenters. The summed E-state index contributed by atoms with van der Waals surface area (Å²) in [6.07, 6.45) is 10.0. The van der Waals surface area contributed by atoms with Crippen LogP contribution in [0, 0.1) is 0 Å². The van der Waals surface area contributed by atoms with Crippen molar-refractivity contribution in [3.8, 4) is 0 Å². The van der Waals surface area contributed by atoms with Crippen LogP contribution in [0.4, 0.5) is 0 Å². The zero-order valence-electron chi connectivity index (χ0n) is 6.88. The number of likely N-dealkylation sites (tertiary alicyclic amines) is 1. The van der Waals surface area contributed by atoms with Crippen molar-refractivity contribution in [1.29, 1.82) is 0 Å². The Morgan fingerprint density at radius 3 is 3.00 bits per heavy atom. The van der Waals surface area contributed by atoms with Crippen molar-refractivity contribution >= 4 is 0 Å². The normalized spacial score (nSPS) is 24.1. The first-order chi connectivity index (χ1) is 5.36.